The van der Waals surface area contributed by atoms with Gasteiger partial charge in [-0.3, -0.25) is 15.8 Å². The van der Waals surface area contributed by atoms with Crippen molar-refractivity contribution in [3.63, 3.8) is 0 Å². The quantitative estimate of drug-likeness (QED) is 0.451. The summed E-state index contributed by atoms with van der Waals surface area (Å²) in [5.41, 5.74) is 8.66. The van der Waals surface area contributed by atoms with Crippen LogP contribution in [0.15, 0.2) is 12.1 Å². The maximum absolute atomic E-state index is 6.26. The lowest BCUT2D eigenvalue weighted by molar-refractivity contribution is 0.0389. The first kappa shape index (κ1) is 20.1. The summed E-state index contributed by atoms with van der Waals surface area (Å²) >= 11 is 16.8. The van der Waals surface area contributed by atoms with Gasteiger partial charge in [-0.05, 0) is 55.5 Å². The second-order valence-corrected chi connectivity index (χ2v) is 7.08. The SMILES string of the molecule is Cc1cc(C)c(NC(=S)NNC(=S)NCCN2CCOCC2)c(Cl)c1. The number of benzene rings is 1. The molecule has 0 atom stereocenters. The van der Waals surface area contributed by atoms with E-state index in [9.17, 15) is 0 Å². The molecule has 1 aliphatic heterocycles. The first-order valence-corrected chi connectivity index (χ1v) is 9.33. The molecule has 0 saturated carbocycles. The van der Waals surface area contributed by atoms with Gasteiger partial charge < -0.3 is 15.4 Å². The molecule has 1 aliphatic rings. The molecule has 6 nitrogen and oxygen atoms in total. The van der Waals surface area contributed by atoms with E-state index in [4.69, 9.17) is 40.8 Å². The van der Waals surface area contributed by atoms with E-state index in [1.165, 1.54) is 0 Å². The van der Waals surface area contributed by atoms with E-state index in [1.54, 1.807) is 0 Å². The third-order valence-electron chi connectivity index (χ3n) is 3.78. The molecular weight excluding hydrogens is 378 g/mol. The number of aryl methyl sites for hydroxylation is 2. The molecule has 9 heteroatoms. The molecule has 0 amide bonds. The summed E-state index contributed by atoms with van der Waals surface area (Å²) < 4.78 is 5.32. The zero-order chi connectivity index (χ0) is 18.2. The number of nitrogens with one attached hydrogen (secondary N) is 4. The van der Waals surface area contributed by atoms with Crippen LogP contribution < -0.4 is 21.5 Å². The zero-order valence-electron chi connectivity index (χ0n) is 14.4. The van der Waals surface area contributed by atoms with Crippen molar-refractivity contribution in [2.24, 2.45) is 0 Å². The highest BCUT2D eigenvalue weighted by Crippen LogP contribution is 2.27. The molecule has 1 saturated heterocycles. The van der Waals surface area contributed by atoms with Crippen LogP contribution in [-0.4, -0.2) is 54.5 Å². The van der Waals surface area contributed by atoms with Gasteiger partial charge in [0.2, 0.25) is 0 Å². The van der Waals surface area contributed by atoms with Crippen LogP contribution in [0.5, 0.6) is 0 Å². The van der Waals surface area contributed by atoms with Crippen molar-refractivity contribution in [1.29, 1.82) is 0 Å². The molecule has 0 spiro atoms. The van der Waals surface area contributed by atoms with Crippen LogP contribution in [0.25, 0.3) is 0 Å². The second kappa shape index (κ2) is 10.1. The summed E-state index contributed by atoms with van der Waals surface area (Å²) in [6.07, 6.45) is 0. The number of hydrogen-bond donors (Lipinski definition) is 4. The molecular formula is C16H24ClN5OS2. The lowest BCUT2D eigenvalue weighted by Crippen LogP contribution is -2.50. The summed E-state index contributed by atoms with van der Waals surface area (Å²) in [7, 11) is 0. The van der Waals surface area contributed by atoms with Crippen LogP contribution in [0.1, 0.15) is 11.1 Å². The first-order valence-electron chi connectivity index (χ1n) is 8.13. The number of morpholine rings is 1. The van der Waals surface area contributed by atoms with Gasteiger partial charge in [0.05, 0.1) is 23.9 Å². The van der Waals surface area contributed by atoms with Crippen LogP contribution >= 0.6 is 36.0 Å². The highest BCUT2D eigenvalue weighted by Gasteiger charge is 2.10. The molecule has 0 radical (unpaired) electrons. The number of ether oxygens (including phenoxy) is 1. The van der Waals surface area contributed by atoms with E-state index in [-0.39, 0.29) is 0 Å². The Labute approximate surface area is 164 Å². The van der Waals surface area contributed by atoms with E-state index >= 15 is 0 Å². The van der Waals surface area contributed by atoms with E-state index in [0.29, 0.717) is 15.2 Å². The summed E-state index contributed by atoms with van der Waals surface area (Å²) in [6.45, 7) is 9.19. The normalized spacial score (nSPS) is 14.7. The zero-order valence-corrected chi connectivity index (χ0v) is 16.8. The number of hydrogen-bond acceptors (Lipinski definition) is 4. The van der Waals surface area contributed by atoms with Gasteiger partial charge in [0.15, 0.2) is 10.2 Å². The highest BCUT2D eigenvalue weighted by atomic mass is 35.5. The van der Waals surface area contributed by atoms with Gasteiger partial charge >= 0.3 is 0 Å². The predicted molar refractivity (Wildman–Crippen MR) is 111 cm³/mol. The molecule has 1 fully saturated rings. The van der Waals surface area contributed by atoms with Gasteiger partial charge in [0.1, 0.15) is 0 Å². The number of hydrazine groups is 1. The molecule has 138 valence electrons. The van der Waals surface area contributed by atoms with Crippen molar-refractivity contribution in [2.45, 2.75) is 13.8 Å². The van der Waals surface area contributed by atoms with E-state index in [2.05, 4.69) is 26.4 Å². The minimum Gasteiger partial charge on any atom is -0.379 e. The molecule has 4 N–H and O–H groups in total. The van der Waals surface area contributed by atoms with E-state index in [1.807, 2.05) is 26.0 Å². The molecule has 1 aromatic rings. The van der Waals surface area contributed by atoms with Gasteiger partial charge in [-0.2, -0.15) is 0 Å². The smallest absolute Gasteiger partial charge is 0.189 e. The number of halogens is 1. The number of thiocarbonyl (C=S) groups is 2. The van der Waals surface area contributed by atoms with Gasteiger partial charge in [-0.1, -0.05) is 17.7 Å². The molecule has 0 aliphatic carbocycles. The lowest BCUT2D eigenvalue weighted by Gasteiger charge is -2.26. The molecule has 25 heavy (non-hydrogen) atoms. The Morgan fingerprint density at radius 1 is 1.16 bits per heavy atom. The van der Waals surface area contributed by atoms with Crippen LogP contribution in [0.4, 0.5) is 5.69 Å². The Hall–Kier alpha value is -1.19. The van der Waals surface area contributed by atoms with Gasteiger partial charge in [0.25, 0.3) is 0 Å². The minimum absolute atomic E-state index is 0.395. The molecule has 1 heterocycles. The predicted octanol–water partition coefficient (Wildman–Crippen LogP) is 1.95. The van der Waals surface area contributed by atoms with Crippen molar-refractivity contribution in [3.8, 4) is 0 Å². The Kier molecular flexibility index (Phi) is 8.11. The summed E-state index contributed by atoms with van der Waals surface area (Å²) in [5, 5.41) is 7.74. The van der Waals surface area contributed by atoms with Crippen molar-refractivity contribution < 1.29 is 4.74 Å². The Balaban J connectivity index is 1.68. The van der Waals surface area contributed by atoms with Crippen LogP contribution in [0.3, 0.4) is 0 Å². The third-order valence-corrected chi connectivity index (χ3v) is 4.53. The molecule has 1 aromatic carbocycles. The standard InChI is InChI=1S/C16H24ClN5OS2/c1-11-9-12(2)14(13(17)10-11)19-16(25)21-20-15(24)18-3-4-22-5-7-23-8-6-22/h9-10H,3-8H2,1-2H3,(H2,18,20,24)(H2,19,21,25). The number of nitrogens with zero attached hydrogens (tertiary/aromatic N) is 1. The van der Waals surface area contributed by atoms with Gasteiger partial charge in [0, 0.05) is 26.2 Å². The monoisotopic (exact) mass is 401 g/mol. The van der Waals surface area contributed by atoms with Crippen molar-refractivity contribution in [3.05, 3.63) is 28.3 Å². The maximum atomic E-state index is 6.26. The van der Waals surface area contributed by atoms with Crippen LogP contribution in [0, 0.1) is 13.8 Å². The average molecular weight is 402 g/mol. The van der Waals surface area contributed by atoms with Crippen molar-refractivity contribution in [2.75, 3.05) is 44.7 Å². The van der Waals surface area contributed by atoms with Gasteiger partial charge in [-0.25, -0.2) is 0 Å². The summed E-state index contributed by atoms with van der Waals surface area (Å²) in [5.74, 6) is 0. The lowest BCUT2D eigenvalue weighted by atomic mass is 10.1. The molecule has 0 unspecified atom stereocenters. The topological polar surface area (TPSA) is 60.6 Å². The number of rotatable bonds is 4. The van der Waals surface area contributed by atoms with Crippen molar-refractivity contribution in [1.82, 2.24) is 21.1 Å². The second-order valence-electron chi connectivity index (χ2n) is 5.85. The summed E-state index contributed by atoms with van der Waals surface area (Å²) in [6, 6.07) is 3.94. The molecule has 0 bridgehead atoms. The molecule has 2 rings (SSSR count). The Morgan fingerprint density at radius 2 is 1.84 bits per heavy atom. The fourth-order valence-electron chi connectivity index (χ4n) is 2.53. The van der Waals surface area contributed by atoms with Gasteiger partial charge in [-0.15, -0.1) is 0 Å². The summed E-state index contributed by atoms with van der Waals surface area (Å²) in [4.78, 5) is 2.33. The highest BCUT2D eigenvalue weighted by molar-refractivity contribution is 7.80. The average Bonchev–Trinajstić information content (AvgIpc) is 2.57. The van der Waals surface area contributed by atoms with Crippen LogP contribution in [0.2, 0.25) is 5.02 Å². The Bertz CT molecular complexity index is 600. The maximum Gasteiger partial charge on any atom is 0.189 e. The fourth-order valence-corrected chi connectivity index (χ4v) is 3.20. The number of anilines is 1. The largest absolute Gasteiger partial charge is 0.379 e. The van der Waals surface area contributed by atoms with E-state index in [0.717, 1.165) is 56.2 Å². The van der Waals surface area contributed by atoms with Crippen LogP contribution in [-0.2, 0) is 4.74 Å². The third kappa shape index (κ3) is 6.91. The fraction of sp³-hybridized carbons (Fsp3) is 0.500. The molecule has 0 aromatic heterocycles. The first-order chi connectivity index (χ1) is 12.0. The Morgan fingerprint density at radius 3 is 2.52 bits per heavy atom. The van der Waals surface area contributed by atoms with Crippen molar-refractivity contribution >= 4 is 51.9 Å². The van der Waals surface area contributed by atoms with E-state index < -0.39 is 0 Å². The minimum atomic E-state index is 0.395.